The second kappa shape index (κ2) is 6.55. The smallest absolute Gasteiger partial charge is 0.223 e. The normalized spacial score (nSPS) is 29.8. The lowest BCUT2D eigenvalue weighted by Crippen LogP contribution is -2.49. The molecule has 2 unspecified atom stereocenters. The van der Waals surface area contributed by atoms with Crippen LogP contribution < -0.4 is 5.73 Å². The summed E-state index contributed by atoms with van der Waals surface area (Å²) in [7, 11) is 0. The van der Waals surface area contributed by atoms with Crippen molar-refractivity contribution < 1.29 is 4.79 Å². The molecular formula is C15H28N2O. The zero-order valence-corrected chi connectivity index (χ0v) is 11.7. The summed E-state index contributed by atoms with van der Waals surface area (Å²) in [5.74, 6) is 1.79. The van der Waals surface area contributed by atoms with Gasteiger partial charge in [0.2, 0.25) is 5.91 Å². The molecule has 1 heterocycles. The van der Waals surface area contributed by atoms with Gasteiger partial charge in [-0.05, 0) is 37.5 Å². The van der Waals surface area contributed by atoms with Gasteiger partial charge >= 0.3 is 0 Å². The molecule has 2 fully saturated rings. The van der Waals surface area contributed by atoms with Crippen LogP contribution in [0, 0.1) is 11.8 Å². The lowest BCUT2D eigenvalue weighted by atomic mass is 9.88. The molecule has 0 bridgehead atoms. The van der Waals surface area contributed by atoms with Gasteiger partial charge in [-0.1, -0.05) is 26.2 Å². The van der Waals surface area contributed by atoms with Crippen LogP contribution in [0.5, 0.6) is 0 Å². The van der Waals surface area contributed by atoms with Crippen LogP contribution in [0.3, 0.4) is 0 Å². The molecule has 1 aliphatic carbocycles. The Labute approximate surface area is 111 Å². The van der Waals surface area contributed by atoms with Crippen molar-refractivity contribution in [1.29, 1.82) is 0 Å². The van der Waals surface area contributed by atoms with E-state index in [0.29, 0.717) is 24.4 Å². The zero-order valence-electron chi connectivity index (χ0n) is 11.7. The van der Waals surface area contributed by atoms with E-state index in [9.17, 15) is 4.79 Å². The molecule has 104 valence electrons. The van der Waals surface area contributed by atoms with Gasteiger partial charge in [-0.15, -0.1) is 0 Å². The lowest BCUT2D eigenvalue weighted by molar-refractivity contribution is -0.136. The van der Waals surface area contributed by atoms with E-state index in [1.54, 1.807) is 0 Å². The van der Waals surface area contributed by atoms with Gasteiger partial charge in [0.25, 0.3) is 0 Å². The Bertz CT molecular complexity index is 274. The van der Waals surface area contributed by atoms with Crippen LogP contribution in [0.25, 0.3) is 0 Å². The summed E-state index contributed by atoms with van der Waals surface area (Å²) in [5, 5.41) is 0. The molecule has 3 nitrogen and oxygen atoms in total. The highest BCUT2D eigenvalue weighted by molar-refractivity contribution is 5.77. The summed E-state index contributed by atoms with van der Waals surface area (Å²) < 4.78 is 0. The van der Waals surface area contributed by atoms with Crippen molar-refractivity contribution in [3.63, 3.8) is 0 Å². The Balaban J connectivity index is 1.87. The maximum atomic E-state index is 12.4. The molecular weight excluding hydrogens is 224 g/mol. The topological polar surface area (TPSA) is 46.3 Å². The molecule has 0 aromatic carbocycles. The van der Waals surface area contributed by atoms with Crippen LogP contribution in [0.1, 0.15) is 58.3 Å². The summed E-state index contributed by atoms with van der Waals surface area (Å²) >= 11 is 0. The second-order valence-electron chi connectivity index (χ2n) is 6.13. The van der Waals surface area contributed by atoms with Gasteiger partial charge in [-0.3, -0.25) is 4.79 Å². The molecule has 1 saturated carbocycles. The molecule has 1 amide bonds. The number of piperidine rings is 1. The summed E-state index contributed by atoms with van der Waals surface area (Å²) in [4.78, 5) is 14.5. The molecule has 1 aliphatic heterocycles. The van der Waals surface area contributed by atoms with Gasteiger partial charge in [0, 0.05) is 25.6 Å². The summed E-state index contributed by atoms with van der Waals surface area (Å²) in [5.41, 5.74) is 5.86. The van der Waals surface area contributed by atoms with Crippen LogP contribution in [0.4, 0.5) is 0 Å². The fraction of sp³-hybridized carbons (Fsp3) is 0.933. The van der Waals surface area contributed by atoms with E-state index in [4.69, 9.17) is 5.73 Å². The van der Waals surface area contributed by atoms with E-state index in [-0.39, 0.29) is 0 Å². The standard InChI is InChI=1S/C15H28N2O/c1-2-12-7-8-17(14(9-12)11-16)15(18)10-13-5-3-4-6-13/h12-14H,2-11,16H2,1H3. The van der Waals surface area contributed by atoms with E-state index < -0.39 is 0 Å². The number of amides is 1. The molecule has 0 aromatic heterocycles. The monoisotopic (exact) mass is 252 g/mol. The summed E-state index contributed by atoms with van der Waals surface area (Å²) in [6, 6.07) is 0.303. The minimum atomic E-state index is 0.303. The number of hydrogen-bond acceptors (Lipinski definition) is 2. The highest BCUT2D eigenvalue weighted by Crippen LogP contribution is 2.30. The number of carbonyl (C=O) groups is 1. The molecule has 2 aliphatic rings. The molecule has 0 spiro atoms. The van der Waals surface area contributed by atoms with Crippen molar-refractivity contribution in [2.75, 3.05) is 13.1 Å². The Kier molecular flexibility index (Phi) is 5.04. The third kappa shape index (κ3) is 3.25. The first kappa shape index (κ1) is 13.9. The van der Waals surface area contributed by atoms with Crippen LogP contribution in [0.15, 0.2) is 0 Å². The number of rotatable bonds is 4. The highest BCUT2D eigenvalue weighted by atomic mass is 16.2. The van der Waals surface area contributed by atoms with Crippen molar-refractivity contribution >= 4 is 5.91 Å². The molecule has 2 atom stereocenters. The Hall–Kier alpha value is -0.570. The van der Waals surface area contributed by atoms with Crippen molar-refractivity contribution in [2.24, 2.45) is 17.6 Å². The maximum Gasteiger partial charge on any atom is 0.223 e. The highest BCUT2D eigenvalue weighted by Gasteiger charge is 2.31. The minimum absolute atomic E-state index is 0.303. The predicted octanol–water partition coefficient (Wildman–Crippen LogP) is 2.54. The van der Waals surface area contributed by atoms with Crippen LogP contribution >= 0.6 is 0 Å². The number of likely N-dealkylation sites (tertiary alicyclic amines) is 1. The number of nitrogens with two attached hydrogens (primary N) is 1. The van der Waals surface area contributed by atoms with Crippen LogP contribution in [-0.2, 0) is 4.79 Å². The van der Waals surface area contributed by atoms with Crippen molar-refractivity contribution in [2.45, 2.75) is 64.3 Å². The molecule has 2 N–H and O–H groups in total. The fourth-order valence-corrected chi connectivity index (χ4v) is 3.64. The van der Waals surface area contributed by atoms with E-state index in [1.165, 1.54) is 38.5 Å². The third-order valence-corrected chi connectivity index (χ3v) is 4.93. The molecule has 0 radical (unpaired) electrons. The number of carbonyl (C=O) groups excluding carboxylic acids is 1. The van der Waals surface area contributed by atoms with Crippen LogP contribution in [-0.4, -0.2) is 29.9 Å². The number of hydrogen-bond donors (Lipinski definition) is 1. The summed E-state index contributed by atoms with van der Waals surface area (Å²) in [6.45, 7) is 3.81. The van der Waals surface area contributed by atoms with Gasteiger partial charge in [0.1, 0.15) is 0 Å². The zero-order chi connectivity index (χ0) is 13.0. The third-order valence-electron chi connectivity index (χ3n) is 4.93. The first-order valence-corrected chi connectivity index (χ1v) is 7.74. The quantitative estimate of drug-likeness (QED) is 0.835. The number of nitrogens with zero attached hydrogens (tertiary/aromatic N) is 1. The van der Waals surface area contributed by atoms with Crippen molar-refractivity contribution in [3.05, 3.63) is 0 Å². The minimum Gasteiger partial charge on any atom is -0.338 e. The predicted molar refractivity (Wildman–Crippen MR) is 74.1 cm³/mol. The molecule has 2 rings (SSSR count). The van der Waals surface area contributed by atoms with Gasteiger partial charge < -0.3 is 10.6 Å². The first-order valence-electron chi connectivity index (χ1n) is 7.74. The first-order chi connectivity index (χ1) is 8.74. The second-order valence-corrected chi connectivity index (χ2v) is 6.13. The average Bonchev–Trinajstić information content (AvgIpc) is 2.90. The van der Waals surface area contributed by atoms with Crippen molar-refractivity contribution in [3.8, 4) is 0 Å². The van der Waals surface area contributed by atoms with Crippen molar-refractivity contribution in [1.82, 2.24) is 4.90 Å². The van der Waals surface area contributed by atoms with Gasteiger partial charge in [-0.2, -0.15) is 0 Å². The lowest BCUT2D eigenvalue weighted by Gasteiger charge is -2.39. The molecule has 0 aromatic rings. The van der Waals surface area contributed by atoms with E-state index in [0.717, 1.165) is 25.3 Å². The molecule has 3 heteroatoms. The average molecular weight is 252 g/mol. The molecule has 1 saturated heterocycles. The van der Waals surface area contributed by atoms with E-state index in [2.05, 4.69) is 11.8 Å². The maximum absolute atomic E-state index is 12.4. The van der Waals surface area contributed by atoms with Crippen LogP contribution in [0.2, 0.25) is 0 Å². The SMILES string of the molecule is CCC1CCN(C(=O)CC2CCCC2)C(CN)C1. The Morgan fingerprint density at radius 3 is 2.56 bits per heavy atom. The Morgan fingerprint density at radius 2 is 1.94 bits per heavy atom. The fourth-order valence-electron chi connectivity index (χ4n) is 3.64. The molecule has 18 heavy (non-hydrogen) atoms. The van der Waals surface area contributed by atoms with E-state index in [1.807, 2.05) is 0 Å². The Morgan fingerprint density at radius 1 is 1.22 bits per heavy atom. The van der Waals surface area contributed by atoms with E-state index >= 15 is 0 Å². The largest absolute Gasteiger partial charge is 0.338 e. The summed E-state index contributed by atoms with van der Waals surface area (Å²) in [6.07, 6.45) is 9.42. The van der Waals surface area contributed by atoms with Gasteiger partial charge in [-0.25, -0.2) is 0 Å². The van der Waals surface area contributed by atoms with Gasteiger partial charge in [0.15, 0.2) is 0 Å². The van der Waals surface area contributed by atoms with Gasteiger partial charge in [0.05, 0.1) is 0 Å².